The largest absolute Gasteiger partial charge is 0.457 e. The van der Waals surface area contributed by atoms with Crippen molar-refractivity contribution < 1.29 is 17.9 Å². The Kier molecular flexibility index (Phi) is 9.70. The summed E-state index contributed by atoms with van der Waals surface area (Å²) in [5, 5.41) is 3.53. The number of sulfonamides is 1. The van der Waals surface area contributed by atoms with Crippen molar-refractivity contribution in [2.45, 2.75) is 10.6 Å². The first-order valence-corrected chi connectivity index (χ1v) is 14.9. The third-order valence-electron chi connectivity index (χ3n) is 5.47. The van der Waals surface area contributed by atoms with E-state index in [1.165, 1.54) is 12.1 Å². The number of halogens is 1. The van der Waals surface area contributed by atoms with Crippen LogP contribution in [0.1, 0.15) is 5.56 Å². The third kappa shape index (κ3) is 7.77. The molecule has 1 N–H and O–H groups in total. The van der Waals surface area contributed by atoms with Crippen LogP contribution in [0.15, 0.2) is 114 Å². The molecule has 6 nitrogen and oxygen atoms in total. The van der Waals surface area contributed by atoms with Gasteiger partial charge in [-0.3, -0.25) is 9.10 Å². The van der Waals surface area contributed by atoms with Gasteiger partial charge in [0, 0.05) is 23.1 Å². The number of amides is 1. The molecule has 0 aliphatic carbocycles. The summed E-state index contributed by atoms with van der Waals surface area (Å²) in [6, 6.07) is 31.6. The van der Waals surface area contributed by atoms with Crippen molar-refractivity contribution >= 4 is 45.0 Å². The number of ether oxygens (including phenoxy) is 1. The molecule has 196 valence electrons. The van der Waals surface area contributed by atoms with Crippen LogP contribution in [0.2, 0.25) is 5.02 Å². The maximum atomic E-state index is 13.5. The Morgan fingerprint density at radius 3 is 2.08 bits per heavy atom. The molecular weight excluding hydrogens is 540 g/mol. The van der Waals surface area contributed by atoms with Gasteiger partial charge < -0.3 is 10.1 Å². The normalized spacial score (nSPS) is 11.1. The van der Waals surface area contributed by atoms with Crippen molar-refractivity contribution in [1.82, 2.24) is 5.32 Å². The predicted octanol–water partition coefficient (Wildman–Crippen LogP) is 6.38. The van der Waals surface area contributed by atoms with Crippen molar-refractivity contribution in [2.75, 3.05) is 23.1 Å². The summed E-state index contributed by atoms with van der Waals surface area (Å²) in [5.74, 6) is 2.31. The van der Waals surface area contributed by atoms with Gasteiger partial charge in [0.25, 0.3) is 10.0 Å². The predicted molar refractivity (Wildman–Crippen MR) is 155 cm³/mol. The van der Waals surface area contributed by atoms with Crippen LogP contribution in [0.3, 0.4) is 0 Å². The van der Waals surface area contributed by atoms with Crippen LogP contribution in [0, 0.1) is 0 Å². The van der Waals surface area contributed by atoms with Crippen LogP contribution in [-0.4, -0.2) is 33.2 Å². The van der Waals surface area contributed by atoms with Crippen molar-refractivity contribution in [3.63, 3.8) is 0 Å². The minimum absolute atomic E-state index is 0.107. The van der Waals surface area contributed by atoms with Gasteiger partial charge in [-0.15, -0.1) is 0 Å². The highest BCUT2D eigenvalue weighted by atomic mass is 35.5. The van der Waals surface area contributed by atoms with Crippen molar-refractivity contribution in [3.05, 3.63) is 120 Å². The molecule has 0 saturated carbocycles. The molecule has 0 bridgehead atoms. The summed E-state index contributed by atoms with van der Waals surface area (Å²) in [4.78, 5) is 12.9. The Hall–Kier alpha value is -3.46. The Bertz CT molecular complexity index is 1420. The number of nitrogens with zero attached hydrogens (tertiary/aromatic N) is 1. The molecule has 1 amide bonds. The second-order valence-corrected chi connectivity index (χ2v) is 11.7. The zero-order valence-corrected chi connectivity index (χ0v) is 22.9. The zero-order chi connectivity index (χ0) is 26.8. The Morgan fingerprint density at radius 2 is 1.42 bits per heavy atom. The van der Waals surface area contributed by atoms with E-state index in [2.05, 4.69) is 5.32 Å². The Morgan fingerprint density at radius 1 is 0.816 bits per heavy atom. The summed E-state index contributed by atoms with van der Waals surface area (Å²) < 4.78 is 33.9. The van der Waals surface area contributed by atoms with Gasteiger partial charge in [0.05, 0.1) is 10.6 Å². The Labute approximate surface area is 232 Å². The van der Waals surface area contributed by atoms with Crippen molar-refractivity contribution in [3.8, 4) is 11.5 Å². The van der Waals surface area contributed by atoms with Crippen LogP contribution >= 0.6 is 23.4 Å². The average Bonchev–Trinajstić information content (AvgIpc) is 2.94. The molecule has 0 heterocycles. The minimum Gasteiger partial charge on any atom is -0.457 e. The standard InChI is InChI=1S/C29H27ClN2O4S2/c30-24-13-11-23(12-14-24)22-37-20-19-31-29(33)21-32(38(34,35)28-9-5-2-6-10-28)25-15-17-27(18-16-25)36-26-7-3-1-4-8-26/h1-18H,19-22H2,(H,31,33). The number of hydrogen-bond acceptors (Lipinski definition) is 5. The van der Waals surface area contributed by atoms with Gasteiger partial charge in [-0.2, -0.15) is 11.8 Å². The first kappa shape index (κ1) is 27.6. The zero-order valence-electron chi connectivity index (χ0n) is 20.5. The highest BCUT2D eigenvalue weighted by Crippen LogP contribution is 2.28. The summed E-state index contributed by atoms with van der Waals surface area (Å²) in [6.07, 6.45) is 0. The lowest BCUT2D eigenvalue weighted by Crippen LogP contribution is -2.41. The molecule has 0 radical (unpaired) electrons. The van der Waals surface area contributed by atoms with E-state index in [0.717, 1.165) is 15.6 Å². The topological polar surface area (TPSA) is 75.7 Å². The van der Waals surface area contributed by atoms with E-state index in [-0.39, 0.29) is 17.3 Å². The smallest absolute Gasteiger partial charge is 0.264 e. The molecule has 0 atom stereocenters. The van der Waals surface area contributed by atoms with Gasteiger partial charge in [-0.1, -0.05) is 60.1 Å². The minimum atomic E-state index is -3.98. The number of hydrogen-bond donors (Lipinski definition) is 1. The first-order valence-electron chi connectivity index (χ1n) is 11.9. The third-order valence-corrected chi connectivity index (χ3v) is 8.54. The van der Waals surface area contributed by atoms with Crippen molar-refractivity contribution in [2.24, 2.45) is 0 Å². The van der Waals surface area contributed by atoms with Crippen molar-refractivity contribution in [1.29, 1.82) is 0 Å². The summed E-state index contributed by atoms with van der Waals surface area (Å²) in [7, 11) is -3.98. The molecule has 0 unspecified atom stereocenters. The van der Waals surface area contributed by atoms with Crippen LogP contribution in [-0.2, 0) is 20.6 Å². The fourth-order valence-electron chi connectivity index (χ4n) is 3.56. The maximum absolute atomic E-state index is 13.5. The second-order valence-electron chi connectivity index (χ2n) is 8.26. The van der Waals surface area contributed by atoms with Gasteiger partial charge in [-0.25, -0.2) is 8.42 Å². The number of nitrogens with one attached hydrogen (secondary N) is 1. The molecule has 4 rings (SSSR count). The fraction of sp³-hybridized carbons (Fsp3) is 0.138. The van der Waals surface area contributed by atoms with E-state index >= 15 is 0 Å². The number of para-hydroxylation sites is 1. The highest BCUT2D eigenvalue weighted by Gasteiger charge is 2.27. The quantitative estimate of drug-likeness (QED) is 0.201. The maximum Gasteiger partial charge on any atom is 0.264 e. The number of rotatable bonds is 12. The first-order chi connectivity index (χ1) is 18.4. The number of anilines is 1. The molecule has 0 spiro atoms. The molecule has 0 aliphatic heterocycles. The van der Waals surface area contributed by atoms with E-state index in [9.17, 15) is 13.2 Å². The number of carbonyl (C=O) groups excluding carboxylic acids is 1. The van der Waals surface area contributed by atoms with Gasteiger partial charge in [0.1, 0.15) is 18.0 Å². The van der Waals surface area contributed by atoms with E-state index in [4.69, 9.17) is 16.3 Å². The van der Waals surface area contributed by atoms with Gasteiger partial charge in [0.15, 0.2) is 0 Å². The lowest BCUT2D eigenvalue weighted by molar-refractivity contribution is -0.119. The van der Waals surface area contributed by atoms with Crippen LogP contribution in [0.4, 0.5) is 5.69 Å². The molecule has 0 aromatic heterocycles. The summed E-state index contributed by atoms with van der Waals surface area (Å²) >= 11 is 7.59. The van der Waals surface area contributed by atoms with Gasteiger partial charge in [0.2, 0.25) is 5.91 Å². The van der Waals surface area contributed by atoms with E-state index in [1.807, 2.05) is 54.6 Å². The number of benzene rings is 4. The monoisotopic (exact) mass is 566 g/mol. The second kappa shape index (κ2) is 13.4. The molecule has 4 aromatic rings. The summed E-state index contributed by atoms with van der Waals surface area (Å²) in [6.45, 7) is 0.0676. The molecule has 0 saturated heterocycles. The highest BCUT2D eigenvalue weighted by molar-refractivity contribution is 7.98. The van der Waals surface area contributed by atoms with Crippen LogP contribution < -0.4 is 14.4 Å². The van der Waals surface area contributed by atoms with Crippen LogP contribution in [0.25, 0.3) is 0 Å². The SMILES string of the molecule is O=C(CN(c1ccc(Oc2ccccc2)cc1)S(=O)(=O)c1ccccc1)NCCSCc1ccc(Cl)cc1. The van der Waals surface area contributed by atoms with E-state index in [0.29, 0.717) is 34.5 Å². The molecule has 38 heavy (non-hydrogen) atoms. The molecule has 9 heteroatoms. The lowest BCUT2D eigenvalue weighted by atomic mass is 10.2. The number of carbonyl (C=O) groups is 1. The lowest BCUT2D eigenvalue weighted by Gasteiger charge is -2.24. The number of thioether (sulfide) groups is 1. The van der Waals surface area contributed by atoms with E-state index < -0.39 is 10.0 Å². The Balaban J connectivity index is 1.41. The summed E-state index contributed by atoms with van der Waals surface area (Å²) in [5.41, 5.74) is 1.51. The van der Waals surface area contributed by atoms with Gasteiger partial charge in [-0.05, 0) is 66.2 Å². The molecule has 0 aliphatic rings. The molecule has 0 fully saturated rings. The van der Waals surface area contributed by atoms with Crippen LogP contribution in [0.5, 0.6) is 11.5 Å². The van der Waals surface area contributed by atoms with Gasteiger partial charge >= 0.3 is 0 Å². The van der Waals surface area contributed by atoms with E-state index in [1.54, 1.807) is 54.2 Å². The molecule has 4 aromatic carbocycles. The average molecular weight is 567 g/mol. The fourth-order valence-corrected chi connectivity index (χ4v) is 5.95. The molecular formula is C29H27ClN2O4S2.